The molecular formula is C33H32FN2NaO5. The number of aromatic nitrogens is 2. The number of carboxylic acids is 1. The van der Waals surface area contributed by atoms with Crippen LogP contribution in [0.2, 0.25) is 0 Å². The molecule has 0 aliphatic rings. The van der Waals surface area contributed by atoms with E-state index in [1.807, 2.05) is 73.0 Å². The normalized spacial score (nSPS) is 12.9. The molecule has 3 aromatic carbocycles. The molecule has 5 aromatic rings. The standard InChI is InChI=1S/C33H33FN2O5.Na/c1-20(2)35-28(17-16-24(37)18-25(38)19-29(39)40)30(21-12-14-22(34)15-13-21)31-26-10-6-7-11-27(26)36(33(41)32(31)35)23-8-4-3-5-9-23;/h3-15,20,24-25,37-38H,16-19H2,1-2H3,(H,39,40);/q;+1/p-1/t24-,25-;/m1./s1. The molecule has 42 heavy (non-hydrogen) atoms. The summed E-state index contributed by atoms with van der Waals surface area (Å²) >= 11 is 0. The van der Waals surface area contributed by atoms with Crippen molar-refractivity contribution in [3.05, 3.63) is 101 Å². The van der Waals surface area contributed by atoms with Gasteiger partial charge in [0.15, 0.2) is 0 Å². The zero-order valence-electron chi connectivity index (χ0n) is 24.0. The number of aliphatic hydroxyl groups excluding tert-OH is 2. The predicted octanol–water partition coefficient (Wildman–Crippen LogP) is 1.52. The van der Waals surface area contributed by atoms with E-state index in [9.17, 15) is 29.3 Å². The summed E-state index contributed by atoms with van der Waals surface area (Å²) in [6, 6.07) is 23.1. The van der Waals surface area contributed by atoms with Crippen LogP contribution in [-0.2, 0) is 11.2 Å². The fraction of sp³-hybridized carbons (Fsp3) is 0.273. The monoisotopic (exact) mass is 578 g/mol. The van der Waals surface area contributed by atoms with Crippen LogP contribution in [-0.4, -0.2) is 37.5 Å². The Balaban J connectivity index is 0.00000405. The zero-order chi connectivity index (χ0) is 29.3. The summed E-state index contributed by atoms with van der Waals surface area (Å²) in [5.74, 6) is -1.76. The van der Waals surface area contributed by atoms with Crippen molar-refractivity contribution in [3.8, 4) is 16.8 Å². The Morgan fingerprint density at radius 1 is 0.929 bits per heavy atom. The van der Waals surface area contributed by atoms with Gasteiger partial charge in [0.05, 0.1) is 17.7 Å². The fourth-order valence-electron chi connectivity index (χ4n) is 5.79. The Labute approximate surface area is 265 Å². The van der Waals surface area contributed by atoms with Crippen LogP contribution in [0.4, 0.5) is 4.39 Å². The van der Waals surface area contributed by atoms with Gasteiger partial charge in [-0.15, -0.1) is 0 Å². The summed E-state index contributed by atoms with van der Waals surface area (Å²) in [5, 5.41) is 33.2. The molecule has 0 aliphatic carbocycles. The Kier molecular flexibility index (Phi) is 10.1. The zero-order valence-corrected chi connectivity index (χ0v) is 26.0. The first-order valence-electron chi connectivity index (χ1n) is 13.7. The molecule has 0 bridgehead atoms. The van der Waals surface area contributed by atoms with Gasteiger partial charge < -0.3 is 24.7 Å². The number of aliphatic hydroxyl groups is 2. The van der Waals surface area contributed by atoms with E-state index < -0.39 is 24.6 Å². The van der Waals surface area contributed by atoms with E-state index in [1.165, 1.54) is 12.1 Å². The number of carbonyl (C=O) groups is 1. The number of pyridine rings is 1. The molecule has 2 aromatic heterocycles. The first-order chi connectivity index (χ1) is 19.7. The molecule has 2 heterocycles. The Morgan fingerprint density at radius 3 is 2.21 bits per heavy atom. The van der Waals surface area contributed by atoms with Gasteiger partial charge in [-0.25, -0.2) is 4.39 Å². The van der Waals surface area contributed by atoms with E-state index in [0.717, 1.165) is 38.8 Å². The Bertz CT molecular complexity index is 1760. The van der Waals surface area contributed by atoms with Gasteiger partial charge in [-0.3, -0.25) is 9.36 Å². The summed E-state index contributed by atoms with van der Waals surface area (Å²) in [5.41, 5.74) is 4.08. The van der Waals surface area contributed by atoms with Gasteiger partial charge in [0.25, 0.3) is 5.56 Å². The van der Waals surface area contributed by atoms with Gasteiger partial charge in [-0.05, 0) is 69.0 Å². The third-order valence-electron chi connectivity index (χ3n) is 7.45. The molecular weight excluding hydrogens is 546 g/mol. The number of para-hydroxylation sites is 2. The van der Waals surface area contributed by atoms with E-state index >= 15 is 0 Å². The van der Waals surface area contributed by atoms with Crippen LogP contribution in [0.3, 0.4) is 0 Å². The molecule has 0 amide bonds. The number of benzene rings is 3. The van der Waals surface area contributed by atoms with Crippen LogP contribution < -0.4 is 40.2 Å². The molecule has 0 aliphatic heterocycles. The minimum atomic E-state index is -1.38. The summed E-state index contributed by atoms with van der Waals surface area (Å²) in [4.78, 5) is 25.3. The van der Waals surface area contributed by atoms with Crippen LogP contribution in [0, 0.1) is 5.82 Å². The molecule has 212 valence electrons. The average molecular weight is 579 g/mol. The molecule has 0 unspecified atom stereocenters. The average Bonchev–Trinajstić information content (AvgIpc) is 3.28. The SMILES string of the molecule is CC(C)n1c(CC[C@@H](O)C[C@@H](O)CC(=O)[O-])c(-c2ccc(F)cc2)c2c3ccccc3n(-c3ccccc3)c(=O)c21.[Na+]. The number of aliphatic carboxylic acids is 1. The number of nitrogens with zero attached hydrogens (tertiary/aromatic N) is 2. The maximum atomic E-state index is 14.4. The van der Waals surface area contributed by atoms with Crippen LogP contribution in [0.25, 0.3) is 38.6 Å². The van der Waals surface area contributed by atoms with Crippen molar-refractivity contribution >= 4 is 27.8 Å². The Hall–Kier alpha value is -3.27. The van der Waals surface area contributed by atoms with Crippen molar-refractivity contribution < 1.29 is 54.1 Å². The van der Waals surface area contributed by atoms with Gasteiger partial charge in [0, 0.05) is 46.1 Å². The fourth-order valence-corrected chi connectivity index (χ4v) is 5.79. The molecule has 0 spiro atoms. The second-order valence-corrected chi connectivity index (χ2v) is 10.7. The van der Waals surface area contributed by atoms with E-state index in [-0.39, 0.29) is 59.8 Å². The second kappa shape index (κ2) is 13.4. The van der Waals surface area contributed by atoms with Crippen LogP contribution in [0.1, 0.15) is 44.8 Å². The first-order valence-corrected chi connectivity index (χ1v) is 13.7. The van der Waals surface area contributed by atoms with Crippen molar-refractivity contribution in [1.82, 2.24) is 9.13 Å². The number of fused-ring (bicyclic) bond motifs is 3. The second-order valence-electron chi connectivity index (χ2n) is 10.7. The summed E-state index contributed by atoms with van der Waals surface area (Å²) in [6.07, 6.45) is -2.35. The smallest absolute Gasteiger partial charge is 0.550 e. The molecule has 0 saturated heterocycles. The molecule has 2 N–H and O–H groups in total. The quantitative estimate of drug-likeness (QED) is 0.245. The summed E-state index contributed by atoms with van der Waals surface area (Å²) in [7, 11) is 0. The van der Waals surface area contributed by atoms with E-state index in [0.29, 0.717) is 11.9 Å². The van der Waals surface area contributed by atoms with Crippen molar-refractivity contribution in [2.45, 2.75) is 57.8 Å². The Morgan fingerprint density at radius 2 is 1.57 bits per heavy atom. The minimum Gasteiger partial charge on any atom is -0.550 e. The molecule has 5 rings (SSSR count). The maximum absolute atomic E-state index is 14.4. The number of carboxylic acid groups (broad SMARTS) is 1. The summed E-state index contributed by atoms with van der Waals surface area (Å²) in [6.45, 7) is 3.97. The van der Waals surface area contributed by atoms with E-state index in [1.54, 1.807) is 16.7 Å². The molecule has 0 fully saturated rings. The van der Waals surface area contributed by atoms with E-state index in [2.05, 4.69) is 0 Å². The van der Waals surface area contributed by atoms with Gasteiger partial charge in [0.1, 0.15) is 11.3 Å². The topological polar surface area (TPSA) is 108 Å². The van der Waals surface area contributed by atoms with Crippen molar-refractivity contribution in [3.63, 3.8) is 0 Å². The van der Waals surface area contributed by atoms with Gasteiger partial charge in [-0.1, -0.05) is 48.5 Å². The minimum absolute atomic E-state index is 0. The van der Waals surface area contributed by atoms with Crippen molar-refractivity contribution in [1.29, 1.82) is 0 Å². The maximum Gasteiger partial charge on any atom is 1.00 e. The molecule has 9 heteroatoms. The third-order valence-corrected chi connectivity index (χ3v) is 7.45. The predicted molar refractivity (Wildman–Crippen MR) is 155 cm³/mol. The molecule has 2 atom stereocenters. The largest absolute Gasteiger partial charge is 1.00 e. The van der Waals surface area contributed by atoms with Gasteiger partial charge in [-0.2, -0.15) is 0 Å². The van der Waals surface area contributed by atoms with Crippen LogP contribution in [0.15, 0.2) is 83.7 Å². The molecule has 0 saturated carbocycles. The van der Waals surface area contributed by atoms with Gasteiger partial charge in [0.2, 0.25) is 0 Å². The number of hydrogen-bond acceptors (Lipinski definition) is 5. The summed E-state index contributed by atoms with van der Waals surface area (Å²) < 4.78 is 17.7. The van der Waals surface area contributed by atoms with Crippen LogP contribution in [0.5, 0.6) is 0 Å². The van der Waals surface area contributed by atoms with Gasteiger partial charge >= 0.3 is 29.6 Å². The van der Waals surface area contributed by atoms with Crippen molar-refractivity contribution in [2.24, 2.45) is 0 Å². The van der Waals surface area contributed by atoms with E-state index in [4.69, 9.17) is 0 Å². The number of hydrogen-bond donors (Lipinski definition) is 2. The van der Waals surface area contributed by atoms with Crippen molar-refractivity contribution in [2.75, 3.05) is 0 Å². The number of halogens is 1. The number of rotatable bonds is 10. The molecule has 0 radical (unpaired) electrons. The third kappa shape index (κ3) is 6.23. The van der Waals surface area contributed by atoms with Crippen LogP contribution >= 0.6 is 0 Å². The first kappa shape index (κ1) is 31.7. The molecule has 7 nitrogen and oxygen atoms in total. The number of carbonyl (C=O) groups excluding carboxylic acids is 1.